The standard InChI is InChI=1S/C10H10N4O3/c1-6-2-8(12-5-11-6)14-9(15)3-7(13-14)4-10(16)17/h2,5H,3-4H2,1H3,(H,16,17). The summed E-state index contributed by atoms with van der Waals surface area (Å²) in [7, 11) is 0. The predicted octanol–water partition coefficient (Wildman–Crippen LogP) is 0.352. The van der Waals surface area contributed by atoms with E-state index in [-0.39, 0.29) is 18.7 Å². The lowest BCUT2D eigenvalue weighted by atomic mass is 10.2. The fraction of sp³-hybridized carbons (Fsp3) is 0.300. The Labute approximate surface area is 96.8 Å². The lowest BCUT2D eigenvalue weighted by Gasteiger charge is -2.09. The summed E-state index contributed by atoms with van der Waals surface area (Å²) in [4.78, 5) is 30.0. The molecule has 17 heavy (non-hydrogen) atoms. The highest BCUT2D eigenvalue weighted by Crippen LogP contribution is 2.18. The molecule has 2 rings (SSSR count). The molecule has 7 nitrogen and oxygen atoms in total. The second-order valence-electron chi connectivity index (χ2n) is 3.64. The van der Waals surface area contributed by atoms with Gasteiger partial charge in [0.25, 0.3) is 5.91 Å². The number of hydrogen-bond acceptors (Lipinski definition) is 5. The van der Waals surface area contributed by atoms with Crippen LogP contribution in [-0.2, 0) is 9.59 Å². The molecule has 88 valence electrons. The van der Waals surface area contributed by atoms with Crippen molar-refractivity contribution < 1.29 is 14.7 Å². The minimum atomic E-state index is -1.00. The maximum absolute atomic E-state index is 11.6. The van der Waals surface area contributed by atoms with Gasteiger partial charge in [-0.2, -0.15) is 10.1 Å². The zero-order chi connectivity index (χ0) is 12.4. The van der Waals surface area contributed by atoms with Crippen LogP contribution in [-0.4, -0.2) is 32.7 Å². The number of carboxylic acids is 1. The number of rotatable bonds is 3. The largest absolute Gasteiger partial charge is 0.481 e. The van der Waals surface area contributed by atoms with Gasteiger partial charge in [0.05, 0.1) is 18.6 Å². The zero-order valence-electron chi connectivity index (χ0n) is 9.12. The molecule has 0 saturated carbocycles. The maximum Gasteiger partial charge on any atom is 0.309 e. The van der Waals surface area contributed by atoms with Crippen LogP contribution < -0.4 is 5.01 Å². The molecule has 0 fully saturated rings. The number of carbonyl (C=O) groups is 2. The Morgan fingerprint density at radius 2 is 2.29 bits per heavy atom. The van der Waals surface area contributed by atoms with Crippen molar-refractivity contribution in [3.63, 3.8) is 0 Å². The number of nitrogens with zero attached hydrogens (tertiary/aromatic N) is 4. The summed E-state index contributed by atoms with van der Waals surface area (Å²) in [6.07, 6.45) is 1.13. The van der Waals surface area contributed by atoms with Gasteiger partial charge in [-0.25, -0.2) is 9.97 Å². The number of carbonyl (C=O) groups excluding carboxylic acids is 1. The van der Waals surface area contributed by atoms with E-state index in [2.05, 4.69) is 15.1 Å². The summed E-state index contributed by atoms with van der Waals surface area (Å²) in [6.45, 7) is 1.77. The van der Waals surface area contributed by atoms with E-state index < -0.39 is 5.97 Å². The third-order valence-electron chi connectivity index (χ3n) is 2.19. The molecule has 0 aromatic carbocycles. The Kier molecular flexibility index (Phi) is 2.82. The van der Waals surface area contributed by atoms with E-state index in [1.165, 1.54) is 6.33 Å². The van der Waals surface area contributed by atoms with Crippen molar-refractivity contribution in [2.75, 3.05) is 5.01 Å². The predicted molar refractivity (Wildman–Crippen MR) is 58.6 cm³/mol. The molecule has 0 aliphatic carbocycles. The molecule has 1 amide bonds. The van der Waals surface area contributed by atoms with E-state index in [9.17, 15) is 9.59 Å². The lowest BCUT2D eigenvalue weighted by Crippen LogP contribution is -2.20. The fourth-order valence-corrected chi connectivity index (χ4v) is 1.49. The Morgan fingerprint density at radius 1 is 1.53 bits per heavy atom. The number of aromatic nitrogens is 2. The quantitative estimate of drug-likeness (QED) is 0.814. The summed E-state index contributed by atoms with van der Waals surface area (Å²) in [5, 5.41) is 13.7. The van der Waals surface area contributed by atoms with E-state index in [1.54, 1.807) is 13.0 Å². The molecule has 0 bridgehead atoms. The van der Waals surface area contributed by atoms with Crippen LogP contribution in [0.4, 0.5) is 5.82 Å². The van der Waals surface area contributed by atoms with Crippen LogP contribution in [0.2, 0.25) is 0 Å². The van der Waals surface area contributed by atoms with Gasteiger partial charge in [-0.15, -0.1) is 0 Å². The molecule has 1 aromatic rings. The SMILES string of the molecule is Cc1cc(N2N=C(CC(=O)O)CC2=O)ncn1. The van der Waals surface area contributed by atoms with Crippen LogP contribution in [0.25, 0.3) is 0 Å². The third-order valence-corrected chi connectivity index (χ3v) is 2.19. The molecular weight excluding hydrogens is 224 g/mol. The van der Waals surface area contributed by atoms with Crippen molar-refractivity contribution >= 4 is 23.4 Å². The molecular formula is C10H10N4O3. The Hall–Kier alpha value is -2.31. The van der Waals surface area contributed by atoms with Crippen LogP contribution in [0.15, 0.2) is 17.5 Å². The maximum atomic E-state index is 11.6. The monoisotopic (exact) mass is 234 g/mol. The Balaban J connectivity index is 2.24. The molecule has 1 aliphatic heterocycles. The first-order valence-electron chi connectivity index (χ1n) is 4.96. The number of hydrazone groups is 1. The van der Waals surface area contributed by atoms with Gasteiger partial charge in [0.1, 0.15) is 6.33 Å². The van der Waals surface area contributed by atoms with Crippen molar-refractivity contribution in [2.45, 2.75) is 19.8 Å². The molecule has 1 N–H and O–H groups in total. The molecule has 1 aromatic heterocycles. The molecule has 0 spiro atoms. The minimum absolute atomic E-state index is 0.0232. The van der Waals surface area contributed by atoms with E-state index in [0.29, 0.717) is 17.2 Å². The highest BCUT2D eigenvalue weighted by Gasteiger charge is 2.27. The van der Waals surface area contributed by atoms with Gasteiger partial charge >= 0.3 is 5.97 Å². The topological polar surface area (TPSA) is 95.8 Å². The molecule has 0 atom stereocenters. The highest BCUT2D eigenvalue weighted by atomic mass is 16.4. The van der Waals surface area contributed by atoms with Crippen LogP contribution in [0.3, 0.4) is 0 Å². The van der Waals surface area contributed by atoms with Gasteiger partial charge in [-0.05, 0) is 6.92 Å². The van der Waals surface area contributed by atoms with Gasteiger partial charge in [0, 0.05) is 11.8 Å². The Bertz CT molecular complexity index is 512. The van der Waals surface area contributed by atoms with Gasteiger partial charge in [-0.1, -0.05) is 0 Å². The number of aliphatic carboxylic acids is 1. The first-order chi connectivity index (χ1) is 8.06. The molecule has 0 saturated heterocycles. The van der Waals surface area contributed by atoms with E-state index in [4.69, 9.17) is 5.11 Å². The van der Waals surface area contributed by atoms with Gasteiger partial charge < -0.3 is 5.11 Å². The first kappa shape index (κ1) is 11.2. The number of anilines is 1. The summed E-state index contributed by atoms with van der Waals surface area (Å²) < 4.78 is 0. The summed E-state index contributed by atoms with van der Waals surface area (Å²) in [6, 6.07) is 1.62. The number of amides is 1. The normalized spacial score (nSPS) is 15.0. The smallest absolute Gasteiger partial charge is 0.309 e. The Morgan fingerprint density at radius 3 is 2.94 bits per heavy atom. The van der Waals surface area contributed by atoms with E-state index >= 15 is 0 Å². The van der Waals surface area contributed by atoms with Crippen LogP contribution in [0, 0.1) is 6.92 Å². The van der Waals surface area contributed by atoms with E-state index in [0.717, 1.165) is 5.01 Å². The van der Waals surface area contributed by atoms with Gasteiger partial charge in [-0.3, -0.25) is 9.59 Å². The summed E-state index contributed by atoms with van der Waals surface area (Å²) >= 11 is 0. The number of hydrogen-bond donors (Lipinski definition) is 1. The van der Waals surface area contributed by atoms with Gasteiger partial charge in [0.2, 0.25) is 0 Å². The molecule has 1 aliphatic rings. The average molecular weight is 234 g/mol. The molecule has 0 radical (unpaired) electrons. The first-order valence-corrected chi connectivity index (χ1v) is 4.96. The average Bonchev–Trinajstić information content (AvgIpc) is 2.58. The fourth-order valence-electron chi connectivity index (χ4n) is 1.49. The second-order valence-corrected chi connectivity index (χ2v) is 3.64. The summed E-state index contributed by atoms with van der Waals surface area (Å²) in [5.74, 6) is -0.917. The van der Waals surface area contributed by atoms with Crippen LogP contribution >= 0.6 is 0 Å². The molecule has 7 heteroatoms. The lowest BCUT2D eigenvalue weighted by molar-refractivity contribution is -0.135. The second kappa shape index (κ2) is 4.28. The third kappa shape index (κ3) is 2.44. The minimum Gasteiger partial charge on any atom is -0.481 e. The highest BCUT2D eigenvalue weighted by molar-refractivity contribution is 6.16. The number of carboxylic acid groups (broad SMARTS) is 1. The van der Waals surface area contributed by atoms with Crippen molar-refractivity contribution in [1.29, 1.82) is 0 Å². The molecule has 2 heterocycles. The van der Waals surface area contributed by atoms with Crippen LogP contribution in [0.5, 0.6) is 0 Å². The van der Waals surface area contributed by atoms with Gasteiger partial charge in [0.15, 0.2) is 5.82 Å². The van der Waals surface area contributed by atoms with E-state index in [1.807, 2.05) is 0 Å². The van der Waals surface area contributed by atoms with Crippen molar-refractivity contribution in [1.82, 2.24) is 9.97 Å². The molecule has 0 unspecified atom stereocenters. The summed E-state index contributed by atoms with van der Waals surface area (Å²) in [5.41, 5.74) is 1.04. The number of aryl methyl sites for hydroxylation is 1. The van der Waals surface area contributed by atoms with Crippen molar-refractivity contribution in [3.05, 3.63) is 18.1 Å². The zero-order valence-corrected chi connectivity index (χ0v) is 9.12. The van der Waals surface area contributed by atoms with Crippen molar-refractivity contribution in [3.8, 4) is 0 Å². The van der Waals surface area contributed by atoms with Crippen LogP contribution in [0.1, 0.15) is 18.5 Å². The van der Waals surface area contributed by atoms with Crippen molar-refractivity contribution in [2.24, 2.45) is 5.10 Å².